The molecule has 2 fully saturated rings. The summed E-state index contributed by atoms with van der Waals surface area (Å²) in [5.74, 6) is 0.276. The predicted molar refractivity (Wildman–Crippen MR) is 117 cm³/mol. The third-order valence-corrected chi connectivity index (χ3v) is 7.58. The highest BCUT2D eigenvalue weighted by Gasteiger charge is 2.53. The number of nitrogens with zero attached hydrogens (tertiary/aromatic N) is 3. The lowest BCUT2D eigenvalue weighted by atomic mass is 9.82. The smallest absolute Gasteiger partial charge is 0.249 e. The molecule has 0 radical (unpaired) electrons. The van der Waals surface area contributed by atoms with E-state index in [1.54, 1.807) is 0 Å². The van der Waals surface area contributed by atoms with Crippen molar-refractivity contribution in [3.8, 4) is 0 Å². The lowest BCUT2D eigenvalue weighted by Crippen LogP contribution is -2.58. The van der Waals surface area contributed by atoms with Gasteiger partial charge in [-0.2, -0.15) is 0 Å². The van der Waals surface area contributed by atoms with Crippen molar-refractivity contribution in [3.63, 3.8) is 0 Å². The number of fused-ring (bicyclic) bond motifs is 1. The Morgan fingerprint density at radius 3 is 2.55 bits per heavy atom. The molecule has 2 aromatic rings. The Morgan fingerprint density at radius 1 is 1.03 bits per heavy atom. The van der Waals surface area contributed by atoms with Crippen LogP contribution in [0.2, 0.25) is 5.02 Å². The number of likely N-dealkylation sites (N-methyl/N-ethyl adjacent to an activating group) is 1. The molecule has 2 saturated heterocycles. The Morgan fingerprint density at radius 2 is 1.79 bits per heavy atom. The summed E-state index contributed by atoms with van der Waals surface area (Å²) in [4.78, 5) is 20.0. The Labute approximate surface area is 178 Å². The van der Waals surface area contributed by atoms with Crippen LogP contribution in [0.15, 0.2) is 48.5 Å². The maximum Gasteiger partial charge on any atom is 0.249 e. The van der Waals surface area contributed by atoms with Crippen molar-refractivity contribution >= 4 is 23.2 Å². The second-order valence-electron chi connectivity index (χ2n) is 8.75. The molecule has 3 aliphatic rings. The molecule has 2 heterocycles. The molecule has 0 N–H and O–H groups in total. The highest BCUT2D eigenvalue weighted by molar-refractivity contribution is 6.31. The minimum Gasteiger partial charge on any atom is -0.339 e. The van der Waals surface area contributed by atoms with Gasteiger partial charge in [-0.1, -0.05) is 41.9 Å². The molecule has 0 aromatic heterocycles. The molecule has 0 bridgehead atoms. The number of likely N-dealkylation sites (tertiary alicyclic amines) is 1. The van der Waals surface area contributed by atoms with Crippen molar-refractivity contribution < 1.29 is 4.79 Å². The molecular formula is C24H28ClN3O. The first-order chi connectivity index (χ1) is 14.1. The Hall–Kier alpha value is -2.04. The summed E-state index contributed by atoms with van der Waals surface area (Å²) in [6.45, 7) is 2.61. The van der Waals surface area contributed by atoms with E-state index in [1.807, 2.05) is 24.1 Å². The summed E-state index contributed by atoms with van der Waals surface area (Å²) in [6, 6.07) is 17.2. The van der Waals surface area contributed by atoms with Crippen LogP contribution in [-0.2, 0) is 17.6 Å². The van der Waals surface area contributed by atoms with Crippen LogP contribution in [0.4, 0.5) is 5.69 Å². The highest BCUT2D eigenvalue weighted by Crippen LogP contribution is 2.40. The number of carbonyl (C=O) groups excluding carboxylic acids is 1. The molecule has 2 aliphatic heterocycles. The van der Waals surface area contributed by atoms with Gasteiger partial charge in [0.15, 0.2) is 0 Å². The molecule has 152 valence electrons. The largest absolute Gasteiger partial charge is 0.339 e. The van der Waals surface area contributed by atoms with E-state index in [0.717, 1.165) is 49.5 Å². The van der Waals surface area contributed by atoms with Gasteiger partial charge < -0.3 is 9.80 Å². The summed E-state index contributed by atoms with van der Waals surface area (Å²) >= 11 is 6.49. The summed E-state index contributed by atoms with van der Waals surface area (Å²) in [6.07, 6.45) is 5.07. The molecule has 5 rings (SSSR count). The van der Waals surface area contributed by atoms with E-state index in [4.69, 9.17) is 11.6 Å². The fraction of sp³-hybridized carbons (Fsp3) is 0.458. The number of rotatable bonds is 2. The van der Waals surface area contributed by atoms with E-state index in [1.165, 1.54) is 17.5 Å². The quantitative estimate of drug-likeness (QED) is 0.750. The van der Waals surface area contributed by atoms with Gasteiger partial charge in [-0.15, -0.1) is 0 Å². The zero-order valence-corrected chi connectivity index (χ0v) is 17.7. The van der Waals surface area contributed by atoms with Gasteiger partial charge in [-0.25, -0.2) is 0 Å². The van der Waals surface area contributed by atoms with Crippen LogP contribution < -0.4 is 4.90 Å². The number of benzene rings is 2. The second-order valence-corrected chi connectivity index (χ2v) is 9.16. The van der Waals surface area contributed by atoms with Crippen molar-refractivity contribution in [2.45, 2.75) is 43.7 Å². The average Bonchev–Trinajstić information content (AvgIpc) is 3.00. The first-order valence-corrected chi connectivity index (χ1v) is 11.0. The fourth-order valence-corrected chi connectivity index (χ4v) is 5.87. The zero-order chi connectivity index (χ0) is 20.0. The Kier molecular flexibility index (Phi) is 4.79. The van der Waals surface area contributed by atoms with Gasteiger partial charge in [0.1, 0.15) is 5.54 Å². The van der Waals surface area contributed by atoms with E-state index in [2.05, 4.69) is 46.2 Å². The van der Waals surface area contributed by atoms with Crippen LogP contribution in [-0.4, -0.2) is 54.1 Å². The molecule has 1 atom stereocenters. The zero-order valence-electron chi connectivity index (χ0n) is 17.0. The van der Waals surface area contributed by atoms with E-state index in [-0.39, 0.29) is 5.91 Å². The van der Waals surface area contributed by atoms with Gasteiger partial charge in [0, 0.05) is 36.9 Å². The van der Waals surface area contributed by atoms with Crippen LogP contribution in [0.25, 0.3) is 0 Å². The number of amides is 1. The molecule has 1 aliphatic carbocycles. The average molecular weight is 410 g/mol. The predicted octanol–water partition coefficient (Wildman–Crippen LogP) is 3.97. The van der Waals surface area contributed by atoms with Gasteiger partial charge >= 0.3 is 0 Å². The third kappa shape index (κ3) is 3.13. The van der Waals surface area contributed by atoms with Crippen molar-refractivity contribution in [1.82, 2.24) is 9.80 Å². The molecule has 1 spiro atoms. The maximum atomic E-state index is 13.2. The third-order valence-electron chi connectivity index (χ3n) is 7.23. The SMILES string of the molecule is CN1CN(c2ccccc2)C2(CCN(C3CCc4cccc(Cl)c4C3)CC2)C1=O. The van der Waals surface area contributed by atoms with Gasteiger partial charge in [-0.3, -0.25) is 9.69 Å². The number of anilines is 1. The van der Waals surface area contributed by atoms with Crippen LogP contribution in [0.3, 0.4) is 0 Å². The molecular weight excluding hydrogens is 382 g/mol. The summed E-state index contributed by atoms with van der Waals surface area (Å²) < 4.78 is 0. The van der Waals surface area contributed by atoms with E-state index >= 15 is 0 Å². The monoisotopic (exact) mass is 409 g/mol. The normalized spacial score (nSPS) is 24.2. The van der Waals surface area contributed by atoms with Gasteiger partial charge in [0.25, 0.3) is 0 Å². The highest BCUT2D eigenvalue weighted by atomic mass is 35.5. The Balaban J connectivity index is 1.34. The van der Waals surface area contributed by atoms with Crippen molar-refractivity contribution in [2.75, 3.05) is 31.7 Å². The molecule has 0 saturated carbocycles. The lowest BCUT2D eigenvalue weighted by molar-refractivity contribution is -0.132. The van der Waals surface area contributed by atoms with E-state index in [9.17, 15) is 4.79 Å². The Bertz CT molecular complexity index is 908. The summed E-state index contributed by atoms with van der Waals surface area (Å²) in [7, 11) is 1.93. The van der Waals surface area contributed by atoms with Crippen LogP contribution >= 0.6 is 11.6 Å². The topological polar surface area (TPSA) is 26.8 Å². The standard InChI is InChI=1S/C24H28ClN3O/c1-26-17-28(19-7-3-2-4-8-19)24(23(26)29)12-14-27(15-13-24)20-11-10-18-6-5-9-22(25)21(18)16-20/h2-9,20H,10-17H2,1H3. The van der Waals surface area contributed by atoms with Crippen molar-refractivity contribution in [2.24, 2.45) is 0 Å². The number of carbonyl (C=O) groups is 1. The number of para-hydroxylation sites is 1. The minimum absolute atomic E-state index is 0.276. The summed E-state index contributed by atoms with van der Waals surface area (Å²) in [5, 5.41) is 0.906. The van der Waals surface area contributed by atoms with E-state index < -0.39 is 5.54 Å². The summed E-state index contributed by atoms with van der Waals surface area (Å²) in [5.41, 5.74) is 3.49. The first-order valence-electron chi connectivity index (χ1n) is 10.7. The maximum absolute atomic E-state index is 13.2. The fourth-order valence-electron chi connectivity index (χ4n) is 5.60. The van der Waals surface area contributed by atoms with E-state index in [0.29, 0.717) is 12.7 Å². The lowest BCUT2D eigenvalue weighted by Gasteiger charge is -2.46. The van der Waals surface area contributed by atoms with Crippen LogP contribution in [0.5, 0.6) is 0 Å². The second kappa shape index (κ2) is 7.33. The molecule has 4 nitrogen and oxygen atoms in total. The number of halogens is 1. The van der Waals surface area contributed by atoms with Gasteiger partial charge in [-0.05, 0) is 61.4 Å². The molecule has 5 heteroatoms. The van der Waals surface area contributed by atoms with Crippen LogP contribution in [0.1, 0.15) is 30.4 Å². The van der Waals surface area contributed by atoms with Crippen LogP contribution in [0, 0.1) is 0 Å². The van der Waals surface area contributed by atoms with Gasteiger partial charge in [0.2, 0.25) is 5.91 Å². The number of hydrogen-bond donors (Lipinski definition) is 0. The minimum atomic E-state index is -0.392. The number of hydrogen-bond acceptors (Lipinski definition) is 3. The molecule has 1 amide bonds. The van der Waals surface area contributed by atoms with Gasteiger partial charge in [0.05, 0.1) is 6.67 Å². The number of piperidine rings is 1. The number of aryl methyl sites for hydroxylation is 1. The first kappa shape index (κ1) is 19.0. The molecule has 29 heavy (non-hydrogen) atoms. The molecule has 1 unspecified atom stereocenters. The molecule has 2 aromatic carbocycles. The van der Waals surface area contributed by atoms with Crippen molar-refractivity contribution in [1.29, 1.82) is 0 Å². The van der Waals surface area contributed by atoms with Crippen molar-refractivity contribution in [3.05, 3.63) is 64.7 Å².